The topological polar surface area (TPSA) is 64.8 Å². The predicted octanol–water partition coefficient (Wildman–Crippen LogP) is 2.64. The van der Waals surface area contributed by atoms with E-state index in [0.29, 0.717) is 18.8 Å². The number of benzene rings is 1. The molecule has 1 aliphatic heterocycles. The maximum Gasteiger partial charge on any atom is 0.222 e. The van der Waals surface area contributed by atoms with Crippen molar-refractivity contribution < 1.29 is 14.3 Å². The molecule has 1 unspecified atom stereocenters. The number of nitrogens with two attached hydrogens (primary N) is 1. The highest BCUT2D eigenvalue weighted by atomic mass is 35.5. The Hall–Kier alpha value is -1.46. The van der Waals surface area contributed by atoms with Crippen LogP contribution in [0.1, 0.15) is 31.7 Å². The number of aryl methyl sites for hydroxylation is 1. The number of carbonyl (C=O) groups is 1. The number of ether oxygens (including phenoxy) is 2. The molecule has 2 N–H and O–H groups in total. The third kappa shape index (κ3) is 5.28. The number of hydrogen-bond acceptors (Lipinski definition) is 4. The summed E-state index contributed by atoms with van der Waals surface area (Å²) in [7, 11) is 3.28. The zero-order chi connectivity index (χ0) is 16.8. The van der Waals surface area contributed by atoms with Gasteiger partial charge in [-0.05, 0) is 55.9 Å². The van der Waals surface area contributed by atoms with Crippen molar-refractivity contribution in [3.63, 3.8) is 0 Å². The Morgan fingerprint density at radius 3 is 2.50 bits per heavy atom. The molecule has 2 rings (SSSR count). The number of rotatable bonds is 6. The summed E-state index contributed by atoms with van der Waals surface area (Å²) in [6, 6.07) is 5.90. The van der Waals surface area contributed by atoms with E-state index in [1.54, 1.807) is 14.2 Å². The van der Waals surface area contributed by atoms with Gasteiger partial charge in [-0.1, -0.05) is 0 Å². The van der Waals surface area contributed by atoms with Gasteiger partial charge in [0.25, 0.3) is 0 Å². The lowest BCUT2D eigenvalue weighted by Gasteiger charge is -2.33. The van der Waals surface area contributed by atoms with Crippen LogP contribution in [0.2, 0.25) is 0 Å². The molecule has 0 saturated carbocycles. The van der Waals surface area contributed by atoms with Crippen LogP contribution in [0.25, 0.3) is 0 Å². The Kier molecular flexibility index (Phi) is 8.36. The minimum atomic E-state index is 0. The van der Waals surface area contributed by atoms with Gasteiger partial charge in [0.1, 0.15) is 11.5 Å². The van der Waals surface area contributed by atoms with E-state index < -0.39 is 0 Å². The number of likely N-dealkylation sites (tertiary alicyclic amines) is 1. The van der Waals surface area contributed by atoms with Crippen LogP contribution in [0.5, 0.6) is 11.5 Å². The zero-order valence-corrected chi connectivity index (χ0v) is 15.6. The van der Waals surface area contributed by atoms with Gasteiger partial charge in [-0.3, -0.25) is 4.79 Å². The average Bonchev–Trinajstić information content (AvgIpc) is 2.59. The Morgan fingerprint density at radius 1 is 1.29 bits per heavy atom. The summed E-state index contributed by atoms with van der Waals surface area (Å²) in [5, 5.41) is 0. The molecule has 1 aromatic rings. The third-order valence-corrected chi connectivity index (χ3v) is 4.73. The Bertz CT molecular complexity index is 529. The molecule has 6 heteroatoms. The van der Waals surface area contributed by atoms with E-state index in [1.807, 2.05) is 23.1 Å². The van der Waals surface area contributed by atoms with Gasteiger partial charge in [-0.2, -0.15) is 0 Å². The van der Waals surface area contributed by atoms with Gasteiger partial charge in [0.15, 0.2) is 0 Å². The van der Waals surface area contributed by atoms with Crippen LogP contribution >= 0.6 is 12.4 Å². The highest BCUT2D eigenvalue weighted by molar-refractivity contribution is 5.85. The van der Waals surface area contributed by atoms with E-state index in [9.17, 15) is 4.79 Å². The molecule has 0 aromatic heterocycles. The number of carbonyl (C=O) groups excluding carboxylic acids is 1. The third-order valence-electron chi connectivity index (χ3n) is 4.73. The summed E-state index contributed by atoms with van der Waals surface area (Å²) in [6.45, 7) is 3.69. The van der Waals surface area contributed by atoms with E-state index in [4.69, 9.17) is 15.2 Å². The van der Waals surface area contributed by atoms with Crippen molar-refractivity contribution in [2.75, 3.05) is 27.3 Å². The van der Waals surface area contributed by atoms with Crippen LogP contribution in [0.4, 0.5) is 0 Å². The van der Waals surface area contributed by atoms with Gasteiger partial charge in [0, 0.05) is 25.6 Å². The first-order valence-corrected chi connectivity index (χ1v) is 8.29. The van der Waals surface area contributed by atoms with Gasteiger partial charge < -0.3 is 20.1 Å². The van der Waals surface area contributed by atoms with Crippen LogP contribution in [0.15, 0.2) is 18.2 Å². The molecule has 1 amide bonds. The minimum absolute atomic E-state index is 0. The monoisotopic (exact) mass is 356 g/mol. The molecule has 1 aromatic carbocycles. The molecule has 1 saturated heterocycles. The van der Waals surface area contributed by atoms with Crippen molar-refractivity contribution in [3.8, 4) is 11.5 Å². The predicted molar refractivity (Wildman–Crippen MR) is 98.1 cm³/mol. The molecule has 1 aliphatic rings. The van der Waals surface area contributed by atoms with Crippen molar-refractivity contribution in [1.29, 1.82) is 0 Å². The first-order valence-electron chi connectivity index (χ1n) is 8.29. The van der Waals surface area contributed by atoms with E-state index in [0.717, 1.165) is 43.0 Å². The van der Waals surface area contributed by atoms with E-state index in [-0.39, 0.29) is 24.4 Å². The number of hydrogen-bond donors (Lipinski definition) is 1. The van der Waals surface area contributed by atoms with Crippen LogP contribution < -0.4 is 15.2 Å². The second-order valence-electron chi connectivity index (χ2n) is 6.26. The standard InChI is InChI=1S/C18H28N2O3.ClH/c1-13(19)14-8-10-20(11-9-14)18(21)7-4-15-12-16(22-2)5-6-17(15)23-3;/h5-6,12-14H,4,7-11,19H2,1-3H3;1H. The molecule has 1 atom stereocenters. The second-order valence-corrected chi connectivity index (χ2v) is 6.26. The normalized spacial score (nSPS) is 16.2. The highest BCUT2D eigenvalue weighted by Gasteiger charge is 2.24. The molecule has 0 radical (unpaired) electrons. The summed E-state index contributed by atoms with van der Waals surface area (Å²) >= 11 is 0. The molecular formula is C18H29ClN2O3. The van der Waals surface area contributed by atoms with Gasteiger partial charge in [-0.15, -0.1) is 12.4 Å². The maximum absolute atomic E-state index is 12.4. The van der Waals surface area contributed by atoms with Gasteiger partial charge in [0.2, 0.25) is 5.91 Å². The van der Waals surface area contributed by atoms with Crippen molar-refractivity contribution >= 4 is 18.3 Å². The van der Waals surface area contributed by atoms with Gasteiger partial charge >= 0.3 is 0 Å². The lowest BCUT2D eigenvalue weighted by molar-refractivity contribution is -0.132. The average molecular weight is 357 g/mol. The van der Waals surface area contributed by atoms with E-state index in [2.05, 4.69) is 6.92 Å². The van der Waals surface area contributed by atoms with Crippen LogP contribution in [-0.4, -0.2) is 44.2 Å². The fourth-order valence-corrected chi connectivity index (χ4v) is 3.15. The Morgan fingerprint density at radius 2 is 1.96 bits per heavy atom. The summed E-state index contributed by atoms with van der Waals surface area (Å²) in [5.74, 6) is 2.33. The molecule has 0 spiro atoms. The van der Waals surface area contributed by atoms with E-state index in [1.165, 1.54) is 0 Å². The quantitative estimate of drug-likeness (QED) is 0.851. The number of piperidine rings is 1. The molecule has 0 bridgehead atoms. The summed E-state index contributed by atoms with van der Waals surface area (Å²) in [4.78, 5) is 14.4. The first kappa shape index (κ1) is 20.6. The number of amides is 1. The van der Waals surface area contributed by atoms with Crippen molar-refractivity contribution in [2.45, 2.75) is 38.6 Å². The van der Waals surface area contributed by atoms with Gasteiger partial charge in [-0.25, -0.2) is 0 Å². The summed E-state index contributed by atoms with van der Waals surface area (Å²) < 4.78 is 10.6. The Balaban J connectivity index is 0.00000288. The van der Waals surface area contributed by atoms with Crippen molar-refractivity contribution in [1.82, 2.24) is 4.90 Å². The fourth-order valence-electron chi connectivity index (χ4n) is 3.15. The van der Waals surface area contributed by atoms with E-state index >= 15 is 0 Å². The summed E-state index contributed by atoms with van der Waals surface area (Å²) in [5.41, 5.74) is 6.96. The van der Waals surface area contributed by atoms with Crippen LogP contribution in [-0.2, 0) is 11.2 Å². The molecular weight excluding hydrogens is 328 g/mol. The van der Waals surface area contributed by atoms with Gasteiger partial charge in [0.05, 0.1) is 14.2 Å². The SMILES string of the molecule is COc1ccc(OC)c(CCC(=O)N2CCC(C(C)N)CC2)c1.Cl. The molecule has 24 heavy (non-hydrogen) atoms. The van der Waals surface area contributed by atoms with Crippen LogP contribution in [0.3, 0.4) is 0 Å². The van der Waals surface area contributed by atoms with Crippen LogP contribution in [0, 0.1) is 5.92 Å². The number of methoxy groups -OCH3 is 2. The molecule has 1 heterocycles. The first-order chi connectivity index (χ1) is 11.0. The lowest BCUT2D eigenvalue weighted by Crippen LogP contribution is -2.42. The van der Waals surface area contributed by atoms with Crippen molar-refractivity contribution in [2.24, 2.45) is 11.7 Å². The maximum atomic E-state index is 12.4. The Labute approximate surface area is 150 Å². The second kappa shape index (κ2) is 9.74. The molecule has 1 fully saturated rings. The largest absolute Gasteiger partial charge is 0.497 e. The smallest absolute Gasteiger partial charge is 0.222 e. The van der Waals surface area contributed by atoms with Crippen molar-refractivity contribution in [3.05, 3.63) is 23.8 Å². The lowest BCUT2D eigenvalue weighted by atomic mass is 9.91. The highest BCUT2D eigenvalue weighted by Crippen LogP contribution is 2.26. The number of halogens is 1. The summed E-state index contributed by atoms with van der Waals surface area (Å²) in [6.07, 6.45) is 3.16. The zero-order valence-electron chi connectivity index (χ0n) is 14.8. The number of nitrogens with zero attached hydrogens (tertiary/aromatic N) is 1. The minimum Gasteiger partial charge on any atom is -0.497 e. The molecule has 5 nitrogen and oxygen atoms in total. The molecule has 136 valence electrons. The fraction of sp³-hybridized carbons (Fsp3) is 0.611. The molecule has 0 aliphatic carbocycles.